The Morgan fingerprint density at radius 3 is 2.18 bits per heavy atom. The van der Waals surface area contributed by atoms with Crippen molar-refractivity contribution in [1.29, 1.82) is 0 Å². The summed E-state index contributed by atoms with van der Waals surface area (Å²) in [4.78, 5) is 65.4. The molecule has 0 aliphatic rings. The molecule has 1 aromatic heterocycles. The highest BCUT2D eigenvalue weighted by Crippen LogP contribution is 2.19. The summed E-state index contributed by atoms with van der Waals surface area (Å²) < 4.78 is 0. The van der Waals surface area contributed by atoms with Gasteiger partial charge in [-0.1, -0.05) is 32.0 Å². The van der Waals surface area contributed by atoms with Gasteiger partial charge in [0.1, 0.15) is 18.1 Å². The van der Waals surface area contributed by atoms with Crippen molar-refractivity contribution in [3.8, 4) is 0 Å². The highest BCUT2D eigenvalue weighted by Gasteiger charge is 2.32. The number of benzene rings is 1. The number of carboxylic acid groups (broad SMARTS) is 2. The number of H-pyrrole nitrogens is 1. The highest BCUT2D eigenvalue weighted by atomic mass is 32.2. The minimum absolute atomic E-state index is 0.0173. The maximum Gasteiger partial charge on any atom is 0.326 e. The molecule has 12 nitrogen and oxygen atoms in total. The summed E-state index contributed by atoms with van der Waals surface area (Å²) in [5, 5.41) is 27.1. The van der Waals surface area contributed by atoms with E-state index in [9.17, 15) is 34.2 Å². The van der Waals surface area contributed by atoms with Gasteiger partial charge in [0.25, 0.3) is 0 Å². The number of thioether (sulfide) groups is 1. The van der Waals surface area contributed by atoms with E-state index in [1.165, 1.54) is 11.8 Å². The van der Waals surface area contributed by atoms with E-state index >= 15 is 0 Å². The second-order valence-corrected chi connectivity index (χ2v) is 10.7. The number of amides is 3. The lowest BCUT2D eigenvalue weighted by Crippen LogP contribution is -2.58. The summed E-state index contributed by atoms with van der Waals surface area (Å²) in [5.41, 5.74) is 7.35. The number of aromatic nitrogens is 1. The van der Waals surface area contributed by atoms with Gasteiger partial charge >= 0.3 is 11.9 Å². The lowest BCUT2D eigenvalue weighted by atomic mass is 10.0. The molecule has 0 aliphatic carbocycles. The second-order valence-electron chi connectivity index (χ2n) is 9.70. The molecule has 2 aromatic rings. The summed E-state index contributed by atoms with van der Waals surface area (Å²) in [5.74, 6) is -4.34. The van der Waals surface area contributed by atoms with Crippen LogP contribution in [0.2, 0.25) is 0 Å². The molecule has 1 heterocycles. The number of carboxylic acids is 2. The Hall–Kier alpha value is -3.58. The lowest BCUT2D eigenvalue weighted by molar-refractivity contribution is -0.143. The summed E-state index contributed by atoms with van der Waals surface area (Å²) in [6.45, 7) is 3.63. The van der Waals surface area contributed by atoms with Crippen LogP contribution >= 0.6 is 11.8 Å². The van der Waals surface area contributed by atoms with Crippen molar-refractivity contribution in [1.82, 2.24) is 20.9 Å². The van der Waals surface area contributed by atoms with Gasteiger partial charge in [-0.15, -0.1) is 0 Å². The van der Waals surface area contributed by atoms with E-state index in [4.69, 9.17) is 5.73 Å². The summed E-state index contributed by atoms with van der Waals surface area (Å²) in [7, 11) is 0. The van der Waals surface area contributed by atoms with E-state index in [1.807, 2.05) is 44.4 Å². The van der Waals surface area contributed by atoms with Crippen LogP contribution in [0.15, 0.2) is 30.5 Å². The number of fused-ring (bicyclic) bond motifs is 1. The normalized spacial score (nSPS) is 14.3. The van der Waals surface area contributed by atoms with Gasteiger partial charge in [0.05, 0.1) is 12.5 Å². The average molecular weight is 564 g/mol. The molecule has 0 saturated heterocycles. The monoisotopic (exact) mass is 563 g/mol. The van der Waals surface area contributed by atoms with Crippen molar-refractivity contribution in [2.24, 2.45) is 11.7 Å². The van der Waals surface area contributed by atoms with Gasteiger partial charge in [0, 0.05) is 23.5 Å². The molecule has 8 N–H and O–H groups in total. The molecule has 1 aromatic carbocycles. The Morgan fingerprint density at radius 2 is 1.56 bits per heavy atom. The molecular weight excluding hydrogens is 526 g/mol. The number of aliphatic carboxylic acids is 2. The molecule has 0 fully saturated rings. The number of aromatic amines is 1. The van der Waals surface area contributed by atoms with Crippen molar-refractivity contribution in [2.75, 3.05) is 12.0 Å². The number of rotatable bonds is 16. The summed E-state index contributed by atoms with van der Waals surface area (Å²) in [6.07, 6.45) is 3.27. The van der Waals surface area contributed by atoms with Gasteiger partial charge < -0.3 is 36.9 Å². The van der Waals surface area contributed by atoms with Crippen LogP contribution in [0.4, 0.5) is 0 Å². The van der Waals surface area contributed by atoms with Gasteiger partial charge in [-0.2, -0.15) is 11.8 Å². The van der Waals surface area contributed by atoms with E-state index in [2.05, 4.69) is 20.9 Å². The molecule has 3 amide bonds. The van der Waals surface area contributed by atoms with Crippen molar-refractivity contribution in [2.45, 2.75) is 63.7 Å². The average Bonchev–Trinajstić information content (AvgIpc) is 3.28. The molecule has 0 radical (unpaired) electrons. The van der Waals surface area contributed by atoms with E-state index in [0.717, 1.165) is 10.9 Å². The maximum absolute atomic E-state index is 13.3. The topological polar surface area (TPSA) is 204 Å². The first-order valence-electron chi connectivity index (χ1n) is 12.6. The summed E-state index contributed by atoms with van der Waals surface area (Å²) in [6, 6.07) is 2.43. The predicted molar refractivity (Wildman–Crippen MR) is 148 cm³/mol. The Labute approximate surface area is 230 Å². The number of carbonyl (C=O) groups is 5. The smallest absolute Gasteiger partial charge is 0.326 e. The first-order chi connectivity index (χ1) is 18.4. The molecular formula is C26H37N5O7S. The predicted octanol–water partition coefficient (Wildman–Crippen LogP) is 0.851. The van der Waals surface area contributed by atoms with E-state index in [-0.39, 0.29) is 18.8 Å². The maximum atomic E-state index is 13.3. The molecule has 0 aliphatic heterocycles. The first-order valence-corrected chi connectivity index (χ1v) is 14.0. The number of carbonyl (C=O) groups excluding carboxylic acids is 3. The SMILES string of the molecule is CSCCC(N)C(=O)NC(CC(=O)O)C(=O)NC(Cc1c[nH]c2ccccc12)C(=O)NC(CC(C)C)C(=O)O. The van der Waals surface area contributed by atoms with Crippen LogP contribution in [-0.4, -0.2) is 81.0 Å². The van der Waals surface area contributed by atoms with Crippen LogP contribution in [0, 0.1) is 5.92 Å². The van der Waals surface area contributed by atoms with Crippen LogP contribution in [0.5, 0.6) is 0 Å². The summed E-state index contributed by atoms with van der Waals surface area (Å²) >= 11 is 1.49. The Kier molecular flexibility index (Phi) is 12.3. The Bertz CT molecular complexity index is 1170. The molecule has 0 bridgehead atoms. The minimum atomic E-state index is -1.50. The third-order valence-corrected chi connectivity index (χ3v) is 6.68. The fourth-order valence-corrected chi connectivity index (χ4v) is 4.50. The van der Waals surface area contributed by atoms with Gasteiger partial charge in [0.2, 0.25) is 17.7 Å². The van der Waals surface area contributed by atoms with Crippen LogP contribution in [0.3, 0.4) is 0 Å². The number of hydrogen-bond acceptors (Lipinski definition) is 7. The fraction of sp³-hybridized carbons (Fsp3) is 0.500. The van der Waals surface area contributed by atoms with E-state index < -0.39 is 60.2 Å². The minimum Gasteiger partial charge on any atom is -0.481 e. The molecule has 13 heteroatoms. The number of nitrogens with two attached hydrogens (primary N) is 1. The van der Waals surface area contributed by atoms with Crippen LogP contribution in [-0.2, 0) is 30.4 Å². The molecule has 0 saturated carbocycles. The third kappa shape index (κ3) is 9.91. The van der Waals surface area contributed by atoms with Gasteiger partial charge in [0.15, 0.2) is 0 Å². The van der Waals surface area contributed by atoms with E-state index in [0.29, 0.717) is 17.7 Å². The second kappa shape index (κ2) is 15.1. The number of hydrogen-bond donors (Lipinski definition) is 7. The standard InChI is InChI=1S/C26H37N5O7S/c1-14(2)10-21(26(37)38)31-24(35)19(11-15-13-28-18-7-5-4-6-16(15)18)30-25(36)20(12-22(32)33)29-23(34)17(27)8-9-39-3/h4-7,13-14,17,19-21,28H,8-12,27H2,1-3H3,(H,29,34)(H,30,36)(H,31,35)(H,32,33)(H,37,38). The fourth-order valence-electron chi connectivity index (χ4n) is 4.01. The third-order valence-electron chi connectivity index (χ3n) is 6.04. The molecule has 2 rings (SSSR count). The number of para-hydroxylation sites is 1. The van der Waals surface area contributed by atoms with Gasteiger partial charge in [-0.3, -0.25) is 19.2 Å². The Morgan fingerprint density at radius 1 is 0.949 bits per heavy atom. The molecule has 39 heavy (non-hydrogen) atoms. The van der Waals surface area contributed by atoms with Crippen LogP contribution in [0.25, 0.3) is 10.9 Å². The first kappa shape index (κ1) is 31.6. The zero-order chi connectivity index (χ0) is 29.1. The largest absolute Gasteiger partial charge is 0.481 e. The van der Waals surface area contributed by atoms with Crippen molar-refractivity contribution >= 4 is 52.3 Å². The van der Waals surface area contributed by atoms with Gasteiger partial charge in [-0.25, -0.2) is 4.79 Å². The molecule has 214 valence electrons. The van der Waals surface area contributed by atoms with Crippen molar-refractivity contribution < 1.29 is 34.2 Å². The van der Waals surface area contributed by atoms with E-state index in [1.54, 1.807) is 6.20 Å². The quantitative estimate of drug-likeness (QED) is 0.154. The van der Waals surface area contributed by atoms with Crippen molar-refractivity contribution in [3.05, 3.63) is 36.0 Å². The molecule has 0 spiro atoms. The molecule has 4 unspecified atom stereocenters. The van der Waals surface area contributed by atoms with Gasteiger partial charge in [-0.05, 0) is 42.4 Å². The Balaban J connectivity index is 2.31. The number of nitrogens with one attached hydrogen (secondary N) is 4. The van der Waals surface area contributed by atoms with Crippen LogP contribution < -0.4 is 21.7 Å². The zero-order valence-corrected chi connectivity index (χ0v) is 23.0. The highest BCUT2D eigenvalue weighted by molar-refractivity contribution is 7.98. The van der Waals surface area contributed by atoms with Crippen LogP contribution in [0.1, 0.15) is 38.7 Å². The molecule has 4 atom stereocenters. The van der Waals surface area contributed by atoms with Crippen molar-refractivity contribution in [3.63, 3.8) is 0 Å². The zero-order valence-electron chi connectivity index (χ0n) is 22.2. The lowest BCUT2D eigenvalue weighted by Gasteiger charge is -2.25.